The van der Waals surface area contributed by atoms with Crippen molar-refractivity contribution in [3.05, 3.63) is 24.0 Å². The number of aromatic nitrogens is 1. The highest BCUT2D eigenvalue weighted by molar-refractivity contribution is 5.34. The summed E-state index contributed by atoms with van der Waals surface area (Å²) < 4.78 is 0. The third-order valence-corrected chi connectivity index (χ3v) is 3.70. The number of pyridine rings is 1. The summed E-state index contributed by atoms with van der Waals surface area (Å²) in [5.74, 6) is 0. The third kappa shape index (κ3) is 2.76. The van der Waals surface area contributed by atoms with E-state index >= 15 is 0 Å². The number of rotatable bonds is 3. The van der Waals surface area contributed by atoms with Crippen molar-refractivity contribution < 1.29 is 0 Å². The van der Waals surface area contributed by atoms with Gasteiger partial charge in [-0.05, 0) is 25.0 Å². The molecule has 0 unspecified atom stereocenters. The van der Waals surface area contributed by atoms with Gasteiger partial charge in [0, 0.05) is 38.8 Å². The lowest BCUT2D eigenvalue weighted by Gasteiger charge is -2.34. The van der Waals surface area contributed by atoms with Gasteiger partial charge in [-0.1, -0.05) is 0 Å². The lowest BCUT2D eigenvalue weighted by atomic mass is 10.2. The quantitative estimate of drug-likeness (QED) is 0.842. The second kappa shape index (κ2) is 4.63. The summed E-state index contributed by atoms with van der Waals surface area (Å²) in [6, 6.07) is 4.87. The van der Waals surface area contributed by atoms with Crippen LogP contribution in [0, 0.1) is 0 Å². The third-order valence-electron chi connectivity index (χ3n) is 3.70. The molecule has 0 spiro atoms. The van der Waals surface area contributed by atoms with E-state index in [9.17, 15) is 0 Å². The van der Waals surface area contributed by atoms with E-state index in [1.165, 1.54) is 39.0 Å². The molecule has 2 heterocycles. The fourth-order valence-corrected chi connectivity index (χ4v) is 2.48. The Kier molecular flexibility index (Phi) is 2.99. The number of anilines is 1. The van der Waals surface area contributed by atoms with E-state index in [0.29, 0.717) is 0 Å². The van der Waals surface area contributed by atoms with E-state index in [-0.39, 0.29) is 0 Å². The summed E-state index contributed by atoms with van der Waals surface area (Å²) in [7, 11) is 0. The summed E-state index contributed by atoms with van der Waals surface area (Å²) >= 11 is 0. The first kappa shape index (κ1) is 11.0. The van der Waals surface area contributed by atoms with Crippen LogP contribution in [0.2, 0.25) is 0 Å². The van der Waals surface area contributed by atoms with Crippen LogP contribution in [-0.4, -0.2) is 47.0 Å². The monoisotopic (exact) mass is 232 g/mol. The lowest BCUT2D eigenvalue weighted by molar-refractivity contribution is 0.120. The molecule has 4 nitrogen and oxygen atoms in total. The van der Waals surface area contributed by atoms with Crippen molar-refractivity contribution in [1.82, 2.24) is 14.8 Å². The normalized spacial score (nSPS) is 22.8. The van der Waals surface area contributed by atoms with Crippen molar-refractivity contribution in [3.8, 4) is 0 Å². The van der Waals surface area contributed by atoms with Crippen LogP contribution in [0.15, 0.2) is 18.3 Å². The molecule has 0 radical (unpaired) electrons. The highest BCUT2D eigenvalue weighted by Gasteiger charge is 2.31. The zero-order chi connectivity index (χ0) is 11.7. The van der Waals surface area contributed by atoms with Gasteiger partial charge in [0.2, 0.25) is 0 Å². The maximum absolute atomic E-state index is 5.64. The highest BCUT2D eigenvalue weighted by Crippen LogP contribution is 2.27. The van der Waals surface area contributed by atoms with Crippen LogP contribution in [0.25, 0.3) is 0 Å². The van der Waals surface area contributed by atoms with Gasteiger partial charge in [-0.2, -0.15) is 0 Å². The van der Waals surface area contributed by atoms with Crippen LogP contribution in [-0.2, 0) is 6.54 Å². The van der Waals surface area contributed by atoms with Gasteiger partial charge in [0.15, 0.2) is 0 Å². The molecule has 0 bridgehead atoms. The minimum Gasteiger partial charge on any atom is -0.397 e. The Labute approximate surface area is 102 Å². The molecule has 17 heavy (non-hydrogen) atoms. The summed E-state index contributed by atoms with van der Waals surface area (Å²) in [5, 5.41) is 0. The smallest absolute Gasteiger partial charge is 0.0545 e. The van der Waals surface area contributed by atoms with Gasteiger partial charge in [0.1, 0.15) is 0 Å². The summed E-state index contributed by atoms with van der Waals surface area (Å²) in [6.45, 7) is 5.74. The van der Waals surface area contributed by atoms with Crippen LogP contribution < -0.4 is 5.73 Å². The molecular formula is C13H20N4. The average Bonchev–Trinajstić information content (AvgIpc) is 3.17. The second-order valence-electron chi connectivity index (χ2n) is 5.13. The van der Waals surface area contributed by atoms with Crippen molar-refractivity contribution in [1.29, 1.82) is 0 Å². The molecule has 3 rings (SSSR count). The number of hydrogen-bond acceptors (Lipinski definition) is 4. The van der Waals surface area contributed by atoms with Crippen LogP contribution in [0.5, 0.6) is 0 Å². The van der Waals surface area contributed by atoms with Crippen molar-refractivity contribution >= 4 is 5.69 Å². The molecule has 0 atom stereocenters. The van der Waals surface area contributed by atoms with Crippen LogP contribution in [0.1, 0.15) is 18.5 Å². The van der Waals surface area contributed by atoms with Crippen molar-refractivity contribution in [2.45, 2.75) is 25.4 Å². The van der Waals surface area contributed by atoms with Crippen LogP contribution in [0.4, 0.5) is 5.69 Å². The fraction of sp³-hybridized carbons (Fsp3) is 0.615. The van der Waals surface area contributed by atoms with Gasteiger partial charge in [0.25, 0.3) is 0 Å². The fourth-order valence-electron chi connectivity index (χ4n) is 2.48. The van der Waals surface area contributed by atoms with Gasteiger partial charge in [-0.25, -0.2) is 0 Å². The second-order valence-corrected chi connectivity index (χ2v) is 5.13. The summed E-state index contributed by atoms with van der Waals surface area (Å²) in [4.78, 5) is 9.47. The number of nitrogens with zero attached hydrogens (tertiary/aromatic N) is 3. The maximum Gasteiger partial charge on any atom is 0.0545 e. The Balaban J connectivity index is 1.51. The van der Waals surface area contributed by atoms with Crippen molar-refractivity contribution in [2.24, 2.45) is 0 Å². The first-order valence-corrected chi connectivity index (χ1v) is 6.48. The van der Waals surface area contributed by atoms with E-state index < -0.39 is 0 Å². The first-order chi connectivity index (χ1) is 8.31. The Morgan fingerprint density at radius 1 is 1.18 bits per heavy atom. The van der Waals surface area contributed by atoms with E-state index in [4.69, 9.17) is 5.73 Å². The van der Waals surface area contributed by atoms with E-state index in [2.05, 4.69) is 14.8 Å². The minimum atomic E-state index is 0.743. The molecule has 92 valence electrons. The van der Waals surface area contributed by atoms with Crippen LogP contribution >= 0.6 is 0 Å². The summed E-state index contributed by atoms with van der Waals surface area (Å²) in [5.41, 5.74) is 7.50. The zero-order valence-electron chi connectivity index (χ0n) is 10.2. The number of hydrogen-bond donors (Lipinski definition) is 1. The average molecular weight is 232 g/mol. The number of nitrogen functional groups attached to an aromatic ring is 1. The molecular weight excluding hydrogens is 212 g/mol. The molecule has 2 N–H and O–H groups in total. The SMILES string of the molecule is Nc1ccc(CN2CCN(C3CC3)CC2)nc1. The molecule has 0 aromatic carbocycles. The summed E-state index contributed by atoms with van der Waals surface area (Å²) in [6.07, 6.45) is 4.58. The van der Waals surface area contributed by atoms with Crippen molar-refractivity contribution in [2.75, 3.05) is 31.9 Å². The van der Waals surface area contributed by atoms with Crippen molar-refractivity contribution in [3.63, 3.8) is 0 Å². The number of nitrogens with two attached hydrogens (primary N) is 1. The molecule has 2 fully saturated rings. The maximum atomic E-state index is 5.64. The highest BCUT2D eigenvalue weighted by atomic mass is 15.3. The molecule has 2 aliphatic rings. The molecule has 1 aliphatic carbocycles. The molecule has 1 aliphatic heterocycles. The van der Waals surface area contributed by atoms with E-state index in [1.807, 2.05) is 12.1 Å². The molecule has 1 saturated heterocycles. The Morgan fingerprint density at radius 3 is 2.53 bits per heavy atom. The first-order valence-electron chi connectivity index (χ1n) is 6.48. The van der Waals surface area contributed by atoms with E-state index in [0.717, 1.165) is 24.0 Å². The van der Waals surface area contributed by atoms with Gasteiger partial charge in [-0.3, -0.25) is 14.8 Å². The zero-order valence-corrected chi connectivity index (χ0v) is 10.2. The van der Waals surface area contributed by atoms with Crippen LogP contribution in [0.3, 0.4) is 0 Å². The molecule has 1 saturated carbocycles. The van der Waals surface area contributed by atoms with Gasteiger partial charge in [0.05, 0.1) is 17.6 Å². The Hall–Kier alpha value is -1.13. The van der Waals surface area contributed by atoms with Gasteiger partial charge < -0.3 is 5.73 Å². The molecule has 1 aromatic rings. The van der Waals surface area contributed by atoms with Gasteiger partial charge in [-0.15, -0.1) is 0 Å². The predicted molar refractivity (Wildman–Crippen MR) is 68.5 cm³/mol. The molecule has 1 aromatic heterocycles. The number of piperazine rings is 1. The largest absolute Gasteiger partial charge is 0.397 e. The topological polar surface area (TPSA) is 45.4 Å². The Morgan fingerprint density at radius 2 is 1.94 bits per heavy atom. The molecule has 0 amide bonds. The Bertz CT molecular complexity index is 364. The minimum absolute atomic E-state index is 0.743. The van der Waals surface area contributed by atoms with E-state index in [1.54, 1.807) is 6.20 Å². The molecule has 4 heteroatoms. The van der Waals surface area contributed by atoms with Gasteiger partial charge >= 0.3 is 0 Å². The lowest BCUT2D eigenvalue weighted by Crippen LogP contribution is -2.46. The predicted octanol–water partition coefficient (Wildman–Crippen LogP) is 0.944. The standard InChI is InChI=1S/C13H20N4/c14-11-1-2-12(15-9-11)10-16-5-7-17(8-6-16)13-3-4-13/h1-2,9,13H,3-8,10,14H2.